The molecule has 404 valence electrons. The molecule has 0 saturated heterocycles. The summed E-state index contributed by atoms with van der Waals surface area (Å²) in [6, 6.07) is 0. The Labute approximate surface area is 433 Å². The molecule has 0 aromatic rings. The standard InChI is InChI=1S/C64H112O6/c1-4-7-10-13-16-19-22-23-24-25-26-27-28-29-30-31-32-33-34-35-36-37-38-39-40-41-43-45-48-51-54-57-63(66)69-60-61(59-68-62(65)56-53-50-47-44-21-18-15-12-9-6-3)70-64(67)58-55-52-49-46-42-20-17-14-11-8-5-2/h7,10,12,14-17,19,23-24,26-27,61H,4-6,8-9,11,13,18,20-22,25,28-60H2,1-3H3/b10-7-,15-12-,17-14-,19-16-,24-23-,27-26-. The summed E-state index contributed by atoms with van der Waals surface area (Å²) in [5, 5.41) is 0. The number of hydrogen-bond donors (Lipinski definition) is 0. The molecule has 0 aliphatic heterocycles. The summed E-state index contributed by atoms with van der Waals surface area (Å²) in [4.78, 5) is 38.0. The van der Waals surface area contributed by atoms with Crippen LogP contribution in [0.2, 0.25) is 0 Å². The van der Waals surface area contributed by atoms with Gasteiger partial charge in [-0.3, -0.25) is 14.4 Å². The first-order valence-electron chi connectivity index (χ1n) is 29.9. The lowest BCUT2D eigenvalue weighted by molar-refractivity contribution is -0.167. The van der Waals surface area contributed by atoms with Gasteiger partial charge in [0.1, 0.15) is 13.2 Å². The van der Waals surface area contributed by atoms with Crippen molar-refractivity contribution in [2.45, 2.75) is 303 Å². The van der Waals surface area contributed by atoms with E-state index in [2.05, 4.69) is 93.7 Å². The van der Waals surface area contributed by atoms with Crippen molar-refractivity contribution in [3.63, 3.8) is 0 Å². The molecule has 70 heavy (non-hydrogen) atoms. The van der Waals surface area contributed by atoms with Crippen LogP contribution in [0.4, 0.5) is 0 Å². The molecule has 6 nitrogen and oxygen atoms in total. The monoisotopic (exact) mass is 977 g/mol. The highest BCUT2D eigenvalue weighted by Gasteiger charge is 2.19. The van der Waals surface area contributed by atoms with E-state index in [0.29, 0.717) is 19.3 Å². The molecule has 0 spiro atoms. The molecule has 0 aliphatic carbocycles. The fourth-order valence-electron chi connectivity index (χ4n) is 8.42. The van der Waals surface area contributed by atoms with Crippen molar-refractivity contribution in [3.05, 3.63) is 72.9 Å². The third-order valence-electron chi connectivity index (χ3n) is 12.9. The smallest absolute Gasteiger partial charge is 0.306 e. The Bertz CT molecular complexity index is 1310. The Kier molecular flexibility index (Phi) is 55.8. The van der Waals surface area contributed by atoms with E-state index < -0.39 is 6.10 Å². The number of hydrogen-bond acceptors (Lipinski definition) is 6. The molecule has 0 bridgehead atoms. The highest BCUT2D eigenvalue weighted by Crippen LogP contribution is 2.16. The molecule has 0 aliphatic rings. The minimum Gasteiger partial charge on any atom is -0.462 e. The maximum absolute atomic E-state index is 12.8. The molecule has 0 radical (unpaired) electrons. The van der Waals surface area contributed by atoms with E-state index in [1.807, 2.05) is 0 Å². The molecule has 0 fully saturated rings. The summed E-state index contributed by atoms with van der Waals surface area (Å²) < 4.78 is 16.8. The predicted molar refractivity (Wildman–Crippen MR) is 302 cm³/mol. The maximum atomic E-state index is 12.8. The lowest BCUT2D eigenvalue weighted by Crippen LogP contribution is -2.30. The molecule has 0 saturated carbocycles. The van der Waals surface area contributed by atoms with E-state index >= 15 is 0 Å². The number of allylic oxidation sites excluding steroid dienone is 12. The van der Waals surface area contributed by atoms with Gasteiger partial charge in [0.25, 0.3) is 0 Å². The summed E-state index contributed by atoms with van der Waals surface area (Å²) >= 11 is 0. The molecule has 0 heterocycles. The van der Waals surface area contributed by atoms with Gasteiger partial charge >= 0.3 is 17.9 Å². The highest BCUT2D eigenvalue weighted by molar-refractivity contribution is 5.71. The maximum Gasteiger partial charge on any atom is 0.306 e. The van der Waals surface area contributed by atoms with Crippen molar-refractivity contribution in [2.75, 3.05) is 13.2 Å². The lowest BCUT2D eigenvalue weighted by atomic mass is 10.0. The minimum absolute atomic E-state index is 0.0784. The Morgan fingerprint density at radius 2 is 0.586 bits per heavy atom. The number of ether oxygens (including phenoxy) is 3. The minimum atomic E-state index is -0.779. The Morgan fingerprint density at radius 1 is 0.300 bits per heavy atom. The molecule has 0 amide bonds. The summed E-state index contributed by atoms with van der Waals surface area (Å²) in [7, 11) is 0. The van der Waals surface area contributed by atoms with Gasteiger partial charge < -0.3 is 14.2 Å². The van der Waals surface area contributed by atoms with Crippen molar-refractivity contribution in [3.8, 4) is 0 Å². The first kappa shape index (κ1) is 66.9. The van der Waals surface area contributed by atoms with Crippen LogP contribution in [-0.4, -0.2) is 37.2 Å². The highest BCUT2D eigenvalue weighted by atomic mass is 16.6. The second kappa shape index (κ2) is 58.4. The van der Waals surface area contributed by atoms with Crippen LogP contribution < -0.4 is 0 Å². The Morgan fingerprint density at radius 3 is 0.943 bits per heavy atom. The van der Waals surface area contributed by atoms with Crippen molar-refractivity contribution in [1.82, 2.24) is 0 Å². The molecule has 1 unspecified atom stereocenters. The van der Waals surface area contributed by atoms with Crippen LogP contribution in [0.5, 0.6) is 0 Å². The average molecular weight is 978 g/mol. The molecular weight excluding hydrogens is 865 g/mol. The van der Waals surface area contributed by atoms with Crippen LogP contribution >= 0.6 is 0 Å². The number of unbranched alkanes of at least 4 members (excludes halogenated alkanes) is 31. The zero-order chi connectivity index (χ0) is 50.7. The average Bonchev–Trinajstić information content (AvgIpc) is 3.36. The van der Waals surface area contributed by atoms with Gasteiger partial charge in [-0.1, -0.05) is 254 Å². The molecule has 0 aromatic heterocycles. The van der Waals surface area contributed by atoms with Gasteiger partial charge in [0.05, 0.1) is 0 Å². The molecule has 0 N–H and O–H groups in total. The summed E-state index contributed by atoms with van der Waals surface area (Å²) in [6.45, 7) is 6.43. The quantitative estimate of drug-likeness (QED) is 0.0261. The second-order valence-corrected chi connectivity index (χ2v) is 19.9. The van der Waals surface area contributed by atoms with Crippen LogP contribution in [0.25, 0.3) is 0 Å². The molecule has 0 aromatic carbocycles. The fraction of sp³-hybridized carbons (Fsp3) is 0.766. The Hall–Kier alpha value is -3.15. The van der Waals surface area contributed by atoms with Crippen LogP contribution in [0.3, 0.4) is 0 Å². The molecule has 0 rings (SSSR count). The van der Waals surface area contributed by atoms with Crippen LogP contribution in [0.1, 0.15) is 297 Å². The van der Waals surface area contributed by atoms with Crippen LogP contribution in [0, 0.1) is 0 Å². The first-order valence-corrected chi connectivity index (χ1v) is 29.9. The van der Waals surface area contributed by atoms with E-state index in [9.17, 15) is 14.4 Å². The predicted octanol–water partition coefficient (Wildman–Crippen LogP) is 20.2. The van der Waals surface area contributed by atoms with Gasteiger partial charge in [0.15, 0.2) is 6.10 Å². The normalized spacial score (nSPS) is 12.6. The third-order valence-corrected chi connectivity index (χ3v) is 12.9. The van der Waals surface area contributed by atoms with E-state index in [4.69, 9.17) is 14.2 Å². The van der Waals surface area contributed by atoms with Crippen molar-refractivity contribution in [1.29, 1.82) is 0 Å². The van der Waals surface area contributed by atoms with Crippen LogP contribution in [-0.2, 0) is 28.6 Å². The zero-order valence-corrected chi connectivity index (χ0v) is 46.3. The van der Waals surface area contributed by atoms with Crippen molar-refractivity contribution < 1.29 is 28.6 Å². The number of carbonyl (C=O) groups excluding carboxylic acids is 3. The van der Waals surface area contributed by atoms with E-state index in [0.717, 1.165) is 109 Å². The van der Waals surface area contributed by atoms with Gasteiger partial charge in [-0.25, -0.2) is 0 Å². The van der Waals surface area contributed by atoms with Gasteiger partial charge in [0, 0.05) is 19.3 Å². The summed E-state index contributed by atoms with van der Waals surface area (Å²) in [6.07, 6.45) is 75.0. The van der Waals surface area contributed by atoms with E-state index in [1.165, 1.54) is 148 Å². The molecule has 6 heteroatoms. The van der Waals surface area contributed by atoms with Gasteiger partial charge in [0.2, 0.25) is 0 Å². The number of esters is 3. The zero-order valence-electron chi connectivity index (χ0n) is 46.3. The van der Waals surface area contributed by atoms with Crippen molar-refractivity contribution >= 4 is 17.9 Å². The van der Waals surface area contributed by atoms with Gasteiger partial charge in [-0.05, 0) is 96.3 Å². The summed E-state index contributed by atoms with van der Waals surface area (Å²) in [5.41, 5.74) is 0. The Balaban J connectivity index is 4.04. The largest absolute Gasteiger partial charge is 0.462 e. The SMILES string of the molecule is CC/C=C\C/C=C\C/C=C\C/C=C\CCCCCCCCCCCCCCCCCCCCC(=O)OCC(COC(=O)CCCCCCC/C=C\CCC)OC(=O)CCCCCCC/C=C\CCCC. The molecule has 1 atom stereocenters. The molecular formula is C64H112O6. The topological polar surface area (TPSA) is 78.9 Å². The van der Waals surface area contributed by atoms with Crippen molar-refractivity contribution in [2.24, 2.45) is 0 Å². The second-order valence-electron chi connectivity index (χ2n) is 19.9. The van der Waals surface area contributed by atoms with Gasteiger partial charge in [-0.15, -0.1) is 0 Å². The van der Waals surface area contributed by atoms with Crippen LogP contribution in [0.15, 0.2) is 72.9 Å². The van der Waals surface area contributed by atoms with E-state index in [-0.39, 0.29) is 31.1 Å². The first-order chi connectivity index (χ1) is 34.5. The van der Waals surface area contributed by atoms with E-state index in [1.54, 1.807) is 0 Å². The fourth-order valence-corrected chi connectivity index (χ4v) is 8.42. The number of rotatable bonds is 54. The number of carbonyl (C=O) groups is 3. The lowest BCUT2D eigenvalue weighted by Gasteiger charge is -2.18. The summed E-state index contributed by atoms with van der Waals surface area (Å²) in [5.74, 6) is -0.891. The van der Waals surface area contributed by atoms with Gasteiger partial charge in [-0.2, -0.15) is 0 Å². The third kappa shape index (κ3) is 55.8.